The van der Waals surface area contributed by atoms with Gasteiger partial charge in [-0.15, -0.1) is 11.3 Å². The maximum absolute atomic E-state index is 12.0. The number of carboxylic acid groups (broad SMARTS) is 1. The average Bonchev–Trinajstić information content (AvgIpc) is 2.82. The summed E-state index contributed by atoms with van der Waals surface area (Å²) in [5.74, 6) is -1.07. The molecule has 0 aromatic carbocycles. The van der Waals surface area contributed by atoms with E-state index < -0.39 is 5.97 Å². The lowest BCUT2D eigenvalue weighted by Crippen LogP contribution is -2.32. The van der Waals surface area contributed by atoms with Crippen molar-refractivity contribution >= 4 is 23.2 Å². The highest BCUT2D eigenvalue weighted by molar-refractivity contribution is 7.13. The summed E-state index contributed by atoms with van der Waals surface area (Å²) in [5, 5.41) is 12.5. The molecule has 1 aromatic heterocycles. The Labute approximate surface area is 127 Å². The van der Waals surface area contributed by atoms with E-state index in [1.165, 1.54) is 0 Å². The molecular weight excluding hydrogens is 292 g/mol. The van der Waals surface area contributed by atoms with Gasteiger partial charge in [0.2, 0.25) is 5.91 Å². The summed E-state index contributed by atoms with van der Waals surface area (Å²) in [6, 6.07) is -0.294. The Morgan fingerprint density at radius 1 is 1.52 bits per heavy atom. The molecule has 116 valence electrons. The fraction of sp³-hybridized carbons (Fsp3) is 0.643. The Kier molecular flexibility index (Phi) is 5.30. The van der Waals surface area contributed by atoms with Crippen molar-refractivity contribution in [1.29, 1.82) is 0 Å². The van der Waals surface area contributed by atoms with Crippen molar-refractivity contribution in [3.05, 3.63) is 15.6 Å². The van der Waals surface area contributed by atoms with Gasteiger partial charge in [0.05, 0.1) is 24.3 Å². The Hall–Kier alpha value is -1.47. The number of carboxylic acids is 1. The standard InChI is InChI=1S/C14H20N2O4S/c1-8-12(14(18)19)21-13(16-8)9(2)15-11(17)7-10-5-3-4-6-20-10/h9-10H,3-7H2,1-2H3,(H,15,17)(H,18,19). The third-order valence-corrected chi connectivity index (χ3v) is 4.77. The molecule has 1 aromatic rings. The summed E-state index contributed by atoms with van der Waals surface area (Å²) in [7, 11) is 0. The summed E-state index contributed by atoms with van der Waals surface area (Å²) >= 11 is 1.11. The molecule has 1 saturated heterocycles. The van der Waals surface area contributed by atoms with Gasteiger partial charge in [0, 0.05) is 6.61 Å². The molecule has 7 heteroatoms. The number of rotatable bonds is 5. The van der Waals surface area contributed by atoms with Crippen molar-refractivity contribution in [2.75, 3.05) is 6.61 Å². The highest BCUT2D eigenvalue weighted by Crippen LogP contribution is 2.24. The Morgan fingerprint density at radius 2 is 2.29 bits per heavy atom. The molecular formula is C14H20N2O4S. The van der Waals surface area contributed by atoms with E-state index in [9.17, 15) is 9.59 Å². The van der Waals surface area contributed by atoms with Gasteiger partial charge in [0.15, 0.2) is 0 Å². The van der Waals surface area contributed by atoms with Gasteiger partial charge in [-0.05, 0) is 33.1 Å². The van der Waals surface area contributed by atoms with Crippen molar-refractivity contribution in [2.24, 2.45) is 0 Å². The summed E-state index contributed by atoms with van der Waals surface area (Å²) in [6.07, 6.45) is 3.42. The fourth-order valence-electron chi connectivity index (χ4n) is 2.34. The number of nitrogens with one attached hydrogen (secondary N) is 1. The molecule has 0 aliphatic carbocycles. The highest BCUT2D eigenvalue weighted by Gasteiger charge is 2.22. The van der Waals surface area contributed by atoms with Crippen LogP contribution in [0.1, 0.15) is 59.0 Å². The number of carbonyl (C=O) groups is 2. The molecule has 1 aliphatic rings. The number of amides is 1. The second-order valence-corrected chi connectivity index (χ2v) is 6.28. The normalized spacial score (nSPS) is 20.0. The molecule has 0 saturated carbocycles. The molecule has 2 atom stereocenters. The lowest BCUT2D eigenvalue weighted by Gasteiger charge is -2.22. The number of nitrogens with zero attached hydrogens (tertiary/aromatic N) is 1. The molecule has 0 bridgehead atoms. The van der Waals surface area contributed by atoms with E-state index >= 15 is 0 Å². The number of ether oxygens (including phenoxy) is 1. The monoisotopic (exact) mass is 312 g/mol. The SMILES string of the molecule is Cc1nc(C(C)NC(=O)CC2CCCCO2)sc1C(=O)O. The zero-order chi connectivity index (χ0) is 15.4. The lowest BCUT2D eigenvalue weighted by atomic mass is 10.1. The second-order valence-electron chi connectivity index (χ2n) is 5.25. The third kappa shape index (κ3) is 4.25. The first-order valence-corrected chi connectivity index (χ1v) is 7.90. The molecule has 2 N–H and O–H groups in total. The van der Waals surface area contributed by atoms with Crippen molar-refractivity contribution < 1.29 is 19.4 Å². The van der Waals surface area contributed by atoms with E-state index in [0.717, 1.165) is 37.2 Å². The van der Waals surface area contributed by atoms with Crippen LogP contribution in [-0.2, 0) is 9.53 Å². The largest absolute Gasteiger partial charge is 0.477 e. The number of hydrogen-bond donors (Lipinski definition) is 2. The minimum Gasteiger partial charge on any atom is -0.477 e. The predicted octanol–water partition coefficient (Wildman–Crippen LogP) is 2.29. The smallest absolute Gasteiger partial charge is 0.347 e. The van der Waals surface area contributed by atoms with E-state index in [2.05, 4.69) is 10.3 Å². The van der Waals surface area contributed by atoms with Crippen molar-refractivity contribution in [3.63, 3.8) is 0 Å². The van der Waals surface area contributed by atoms with Crippen molar-refractivity contribution in [1.82, 2.24) is 10.3 Å². The van der Waals surface area contributed by atoms with Crippen LogP contribution in [0.3, 0.4) is 0 Å². The summed E-state index contributed by atoms with van der Waals surface area (Å²) < 4.78 is 5.54. The van der Waals surface area contributed by atoms with E-state index in [-0.39, 0.29) is 22.9 Å². The summed E-state index contributed by atoms with van der Waals surface area (Å²) in [4.78, 5) is 27.4. The van der Waals surface area contributed by atoms with Gasteiger partial charge in [-0.3, -0.25) is 4.79 Å². The molecule has 21 heavy (non-hydrogen) atoms. The Balaban J connectivity index is 1.91. The number of thiazole rings is 1. The maximum Gasteiger partial charge on any atom is 0.347 e. The van der Waals surface area contributed by atoms with Gasteiger partial charge in [0.1, 0.15) is 9.88 Å². The average molecular weight is 312 g/mol. The molecule has 1 fully saturated rings. The maximum atomic E-state index is 12.0. The fourth-order valence-corrected chi connectivity index (χ4v) is 3.25. The minimum absolute atomic E-state index is 0.00133. The summed E-state index contributed by atoms with van der Waals surface area (Å²) in [5.41, 5.74) is 0.485. The van der Waals surface area contributed by atoms with Crippen molar-refractivity contribution in [3.8, 4) is 0 Å². The van der Waals surface area contributed by atoms with Gasteiger partial charge in [-0.1, -0.05) is 0 Å². The zero-order valence-electron chi connectivity index (χ0n) is 12.2. The van der Waals surface area contributed by atoms with Crippen LogP contribution in [0.15, 0.2) is 0 Å². The first-order chi connectivity index (χ1) is 9.97. The number of hydrogen-bond acceptors (Lipinski definition) is 5. The highest BCUT2D eigenvalue weighted by atomic mass is 32.1. The van der Waals surface area contributed by atoms with E-state index in [1.54, 1.807) is 6.92 Å². The van der Waals surface area contributed by atoms with Crippen LogP contribution in [0.2, 0.25) is 0 Å². The molecule has 1 amide bonds. The zero-order valence-corrected chi connectivity index (χ0v) is 13.0. The molecule has 2 heterocycles. The lowest BCUT2D eigenvalue weighted by molar-refractivity contribution is -0.125. The summed E-state index contributed by atoms with van der Waals surface area (Å²) in [6.45, 7) is 4.19. The number of aryl methyl sites for hydroxylation is 1. The van der Waals surface area contributed by atoms with Gasteiger partial charge >= 0.3 is 5.97 Å². The molecule has 0 radical (unpaired) electrons. The van der Waals surface area contributed by atoms with Crippen LogP contribution in [0.5, 0.6) is 0 Å². The predicted molar refractivity (Wildman–Crippen MR) is 78.6 cm³/mol. The van der Waals surface area contributed by atoms with Gasteiger partial charge in [-0.25, -0.2) is 9.78 Å². The molecule has 0 spiro atoms. The van der Waals surface area contributed by atoms with Gasteiger partial charge < -0.3 is 15.2 Å². The quantitative estimate of drug-likeness (QED) is 0.871. The molecule has 2 unspecified atom stereocenters. The minimum atomic E-state index is -0.981. The second kappa shape index (κ2) is 7.00. The van der Waals surface area contributed by atoms with Gasteiger partial charge in [-0.2, -0.15) is 0 Å². The van der Waals surface area contributed by atoms with Crippen LogP contribution >= 0.6 is 11.3 Å². The van der Waals surface area contributed by atoms with E-state index in [4.69, 9.17) is 9.84 Å². The van der Waals surface area contributed by atoms with Crippen LogP contribution in [0, 0.1) is 6.92 Å². The Morgan fingerprint density at radius 3 is 2.86 bits per heavy atom. The van der Waals surface area contributed by atoms with Crippen LogP contribution < -0.4 is 5.32 Å². The number of aromatic carboxylic acids is 1. The van der Waals surface area contributed by atoms with E-state index in [1.807, 2.05) is 6.92 Å². The molecule has 2 rings (SSSR count). The molecule has 1 aliphatic heterocycles. The van der Waals surface area contributed by atoms with Crippen LogP contribution in [-0.4, -0.2) is 34.7 Å². The number of carbonyl (C=O) groups excluding carboxylic acids is 1. The molecule has 6 nitrogen and oxygen atoms in total. The van der Waals surface area contributed by atoms with Gasteiger partial charge in [0.25, 0.3) is 0 Å². The first-order valence-electron chi connectivity index (χ1n) is 7.09. The third-order valence-electron chi connectivity index (χ3n) is 3.44. The van der Waals surface area contributed by atoms with E-state index in [0.29, 0.717) is 17.1 Å². The topological polar surface area (TPSA) is 88.5 Å². The first kappa shape index (κ1) is 15.9. The Bertz CT molecular complexity index is 523. The van der Waals surface area contributed by atoms with Crippen molar-refractivity contribution in [2.45, 2.75) is 51.7 Å². The number of aromatic nitrogens is 1. The van der Waals surface area contributed by atoms with Crippen LogP contribution in [0.4, 0.5) is 0 Å². The van der Waals surface area contributed by atoms with Crippen LogP contribution in [0.25, 0.3) is 0 Å².